The number of morpholine rings is 1. The van der Waals surface area contributed by atoms with Crippen LogP contribution in [-0.2, 0) is 4.74 Å². The third-order valence-corrected chi connectivity index (χ3v) is 7.35. The quantitative estimate of drug-likeness (QED) is 0.275. The minimum Gasteiger partial charge on any atom is -0.399 e. The van der Waals surface area contributed by atoms with Crippen LogP contribution in [0.1, 0.15) is 17.7 Å². The third kappa shape index (κ3) is 5.77. The van der Waals surface area contributed by atoms with E-state index in [1.54, 1.807) is 30.5 Å². The lowest BCUT2D eigenvalue weighted by Gasteiger charge is -2.37. The number of pyridine rings is 1. The number of anilines is 5. The van der Waals surface area contributed by atoms with Crippen LogP contribution in [-0.4, -0.2) is 65.6 Å². The smallest absolute Gasteiger partial charge is 0.265 e. The second-order valence-corrected chi connectivity index (χ2v) is 10.3. The molecule has 0 spiro atoms. The minimum atomic E-state index is -2.68. The predicted molar refractivity (Wildman–Crippen MR) is 156 cm³/mol. The number of aryl methyl sites for hydroxylation is 1. The van der Waals surface area contributed by atoms with Gasteiger partial charge in [0, 0.05) is 60.4 Å². The largest absolute Gasteiger partial charge is 0.399 e. The Bertz CT molecular complexity index is 1540. The number of aliphatic hydroxyl groups is 1. The van der Waals surface area contributed by atoms with Gasteiger partial charge in [0.15, 0.2) is 0 Å². The monoisotopic (exact) mass is 559 g/mol. The predicted octanol–water partition coefficient (Wildman–Crippen LogP) is 4.79. The van der Waals surface area contributed by atoms with Gasteiger partial charge in [-0.2, -0.15) is 4.98 Å². The molecule has 9 nitrogen and oxygen atoms in total. The molecule has 41 heavy (non-hydrogen) atoms. The Hall–Kier alpha value is -4.35. The van der Waals surface area contributed by atoms with E-state index in [-0.39, 0.29) is 5.56 Å². The summed E-state index contributed by atoms with van der Waals surface area (Å²) in [5.41, 5.74) is 10.8. The fourth-order valence-corrected chi connectivity index (χ4v) is 5.00. The Balaban J connectivity index is 1.34. The zero-order valence-corrected chi connectivity index (χ0v) is 22.6. The van der Waals surface area contributed by atoms with Crippen LogP contribution in [0.2, 0.25) is 0 Å². The molecule has 0 aliphatic carbocycles. The fourth-order valence-electron chi connectivity index (χ4n) is 5.00. The highest BCUT2D eigenvalue weighted by atomic mass is 19.3. The van der Waals surface area contributed by atoms with Crippen molar-refractivity contribution in [2.75, 3.05) is 60.2 Å². The Morgan fingerprint density at radius 1 is 0.976 bits per heavy atom. The molecule has 6 rings (SSSR count). The van der Waals surface area contributed by atoms with Crippen molar-refractivity contribution >= 4 is 28.8 Å². The zero-order chi connectivity index (χ0) is 28.5. The van der Waals surface area contributed by atoms with Crippen molar-refractivity contribution in [3.8, 4) is 22.4 Å². The number of β-amino-alcohol motifs (C(OH)–C–C–N with tert-alkyl or cyclic N) is 1. The van der Waals surface area contributed by atoms with Crippen molar-refractivity contribution in [1.82, 2.24) is 15.0 Å². The van der Waals surface area contributed by atoms with Gasteiger partial charge in [0.1, 0.15) is 5.82 Å². The molecule has 11 heteroatoms. The van der Waals surface area contributed by atoms with Crippen LogP contribution in [0.25, 0.3) is 22.4 Å². The van der Waals surface area contributed by atoms with Gasteiger partial charge in [-0.3, -0.25) is 4.98 Å². The summed E-state index contributed by atoms with van der Waals surface area (Å²) in [6.07, 6.45) is -1.46. The number of benzene rings is 2. The molecule has 0 bridgehead atoms. The molecule has 2 aromatic heterocycles. The number of nitrogens with one attached hydrogen (secondary N) is 1. The van der Waals surface area contributed by atoms with Gasteiger partial charge in [-0.05, 0) is 48.4 Å². The Morgan fingerprint density at radius 3 is 2.41 bits per heavy atom. The van der Waals surface area contributed by atoms with Gasteiger partial charge in [-0.1, -0.05) is 18.2 Å². The van der Waals surface area contributed by atoms with Gasteiger partial charge in [-0.15, -0.1) is 0 Å². The standard InChI is InChI=1S/C30H31F2N7O2/c1-18-24(27-14-28(38-8-10-41-11-9-38)37-30(36-27)39-16-23(40)17-39)13-22(15-34-18)35-26-7-4-20(12-25(26)29(31)32)19-2-5-21(33)6-3-19/h2-7,12-15,23,29,35,40H,8-11,16-17,33H2,1H3. The van der Waals surface area contributed by atoms with E-state index in [0.717, 1.165) is 22.6 Å². The maximum atomic E-state index is 14.2. The van der Waals surface area contributed by atoms with Crippen LogP contribution in [0.5, 0.6) is 0 Å². The molecule has 4 N–H and O–H groups in total. The molecule has 4 aromatic rings. The van der Waals surface area contributed by atoms with Crippen LogP contribution in [0, 0.1) is 6.92 Å². The van der Waals surface area contributed by atoms with Gasteiger partial charge in [0.2, 0.25) is 5.95 Å². The normalized spacial score (nSPS) is 15.7. The number of hydrogen-bond acceptors (Lipinski definition) is 9. The molecular formula is C30H31F2N7O2. The molecule has 212 valence electrons. The number of nitrogens with zero attached hydrogens (tertiary/aromatic N) is 5. The van der Waals surface area contributed by atoms with E-state index in [0.29, 0.717) is 73.7 Å². The third-order valence-electron chi connectivity index (χ3n) is 7.35. The summed E-state index contributed by atoms with van der Waals surface area (Å²) in [5, 5.41) is 13.0. The van der Waals surface area contributed by atoms with E-state index in [1.807, 2.05) is 36.1 Å². The van der Waals surface area contributed by atoms with Gasteiger partial charge >= 0.3 is 0 Å². The van der Waals surface area contributed by atoms with Crippen LogP contribution in [0.3, 0.4) is 0 Å². The van der Waals surface area contributed by atoms with Crippen LogP contribution in [0.15, 0.2) is 60.8 Å². The molecule has 0 amide bonds. The summed E-state index contributed by atoms with van der Waals surface area (Å²) in [7, 11) is 0. The summed E-state index contributed by atoms with van der Waals surface area (Å²) in [5.74, 6) is 1.30. The Morgan fingerprint density at radius 2 is 1.71 bits per heavy atom. The number of aromatic nitrogens is 3. The van der Waals surface area contributed by atoms with Crippen LogP contribution < -0.4 is 20.9 Å². The van der Waals surface area contributed by atoms with Crippen molar-refractivity contribution in [3.63, 3.8) is 0 Å². The molecule has 0 unspecified atom stereocenters. The second-order valence-electron chi connectivity index (χ2n) is 10.3. The number of nitrogens with two attached hydrogens (primary N) is 1. The summed E-state index contributed by atoms with van der Waals surface area (Å²) in [6, 6.07) is 15.9. The summed E-state index contributed by atoms with van der Waals surface area (Å²) in [4.78, 5) is 18.2. The molecule has 2 saturated heterocycles. The number of hydrogen-bond donors (Lipinski definition) is 3. The Kier molecular flexibility index (Phi) is 7.38. The van der Waals surface area contributed by atoms with Crippen molar-refractivity contribution in [3.05, 3.63) is 72.1 Å². The van der Waals surface area contributed by atoms with Crippen molar-refractivity contribution in [2.24, 2.45) is 0 Å². The molecule has 2 aliphatic rings. The van der Waals surface area contributed by atoms with Crippen LogP contribution in [0.4, 0.5) is 37.6 Å². The summed E-state index contributed by atoms with van der Waals surface area (Å²) in [6.45, 7) is 5.46. The van der Waals surface area contributed by atoms with Gasteiger partial charge in [0.25, 0.3) is 6.43 Å². The van der Waals surface area contributed by atoms with Crippen molar-refractivity contribution in [1.29, 1.82) is 0 Å². The van der Waals surface area contributed by atoms with Gasteiger partial charge in [-0.25, -0.2) is 13.8 Å². The van der Waals surface area contributed by atoms with E-state index >= 15 is 0 Å². The van der Waals surface area contributed by atoms with Crippen LogP contribution >= 0.6 is 0 Å². The van der Waals surface area contributed by atoms with E-state index in [1.165, 1.54) is 6.07 Å². The van der Waals surface area contributed by atoms with E-state index in [2.05, 4.69) is 15.2 Å². The molecule has 0 saturated carbocycles. The molecule has 2 aliphatic heterocycles. The van der Waals surface area contributed by atoms with E-state index < -0.39 is 12.5 Å². The first-order chi connectivity index (χ1) is 19.8. The van der Waals surface area contributed by atoms with Crippen molar-refractivity contribution < 1.29 is 18.6 Å². The molecule has 0 atom stereocenters. The number of rotatable bonds is 7. The minimum absolute atomic E-state index is 0.114. The topological polar surface area (TPSA) is 113 Å². The van der Waals surface area contributed by atoms with Crippen molar-refractivity contribution in [2.45, 2.75) is 19.5 Å². The Labute approximate surface area is 236 Å². The maximum Gasteiger partial charge on any atom is 0.265 e. The molecule has 2 fully saturated rings. The summed E-state index contributed by atoms with van der Waals surface area (Å²) < 4.78 is 33.9. The highest BCUT2D eigenvalue weighted by Crippen LogP contribution is 2.35. The molecule has 4 heterocycles. The zero-order valence-electron chi connectivity index (χ0n) is 22.6. The first-order valence-corrected chi connectivity index (χ1v) is 13.5. The molecule has 0 radical (unpaired) electrons. The SMILES string of the molecule is Cc1ncc(Nc2ccc(-c3ccc(N)cc3)cc2C(F)F)cc1-c1cc(N2CCOCC2)nc(N2CC(O)C2)n1. The maximum absolute atomic E-state index is 14.2. The average Bonchev–Trinajstić information content (AvgIpc) is 2.97. The van der Waals surface area contributed by atoms with Gasteiger partial charge in [0.05, 0.1) is 36.9 Å². The number of halogens is 2. The highest BCUT2D eigenvalue weighted by Gasteiger charge is 2.28. The molecular weight excluding hydrogens is 528 g/mol. The number of alkyl halides is 2. The summed E-state index contributed by atoms with van der Waals surface area (Å²) >= 11 is 0. The van der Waals surface area contributed by atoms with Gasteiger partial charge < -0.3 is 30.7 Å². The lowest BCUT2D eigenvalue weighted by atomic mass is 10.0. The fraction of sp³-hybridized carbons (Fsp3) is 0.300. The number of nitrogen functional groups attached to an aromatic ring is 1. The van der Waals surface area contributed by atoms with E-state index in [4.69, 9.17) is 20.4 Å². The molecule has 2 aromatic carbocycles. The lowest BCUT2D eigenvalue weighted by molar-refractivity contribution is 0.122. The number of aliphatic hydroxyl groups excluding tert-OH is 1. The first kappa shape index (κ1) is 26.9. The second kappa shape index (κ2) is 11.3. The average molecular weight is 560 g/mol. The lowest BCUT2D eigenvalue weighted by Crippen LogP contribution is -2.51. The first-order valence-electron chi connectivity index (χ1n) is 13.5. The van der Waals surface area contributed by atoms with E-state index in [9.17, 15) is 13.9 Å². The number of ether oxygens (including phenoxy) is 1. The highest BCUT2D eigenvalue weighted by molar-refractivity contribution is 5.75.